The van der Waals surface area contributed by atoms with Gasteiger partial charge < -0.3 is 9.73 Å². The second-order valence-corrected chi connectivity index (χ2v) is 6.04. The van der Waals surface area contributed by atoms with Crippen molar-refractivity contribution in [3.8, 4) is 11.3 Å². The summed E-state index contributed by atoms with van der Waals surface area (Å²) in [4.78, 5) is 0. The fraction of sp³-hybridized carbons (Fsp3) is 0.250. The highest BCUT2D eigenvalue weighted by Gasteiger charge is 2.20. The van der Waals surface area contributed by atoms with Crippen LogP contribution in [0.25, 0.3) is 21.4 Å². The molecule has 0 spiro atoms. The van der Waals surface area contributed by atoms with Gasteiger partial charge in [-0.15, -0.1) is 11.3 Å². The number of fused-ring (bicyclic) bond motifs is 1. The Morgan fingerprint density at radius 2 is 2.11 bits per heavy atom. The number of rotatable bonds is 4. The molecule has 2 heterocycles. The van der Waals surface area contributed by atoms with Gasteiger partial charge in [-0.25, -0.2) is 0 Å². The lowest BCUT2D eigenvalue weighted by Crippen LogP contribution is -2.14. The molecule has 0 saturated heterocycles. The van der Waals surface area contributed by atoms with Crippen LogP contribution in [0.2, 0.25) is 0 Å². The van der Waals surface area contributed by atoms with E-state index in [0.29, 0.717) is 0 Å². The van der Waals surface area contributed by atoms with Crippen molar-refractivity contribution in [2.45, 2.75) is 25.4 Å². The molecule has 0 radical (unpaired) electrons. The third kappa shape index (κ3) is 2.31. The molecule has 0 atom stereocenters. The van der Waals surface area contributed by atoms with E-state index in [9.17, 15) is 0 Å². The van der Waals surface area contributed by atoms with Gasteiger partial charge in [0.05, 0.1) is 6.54 Å². The first-order valence-electron chi connectivity index (χ1n) is 6.68. The molecule has 0 bridgehead atoms. The van der Waals surface area contributed by atoms with Gasteiger partial charge in [0.2, 0.25) is 0 Å². The lowest BCUT2D eigenvalue weighted by Gasteiger charge is -2.00. The van der Waals surface area contributed by atoms with Crippen LogP contribution in [-0.2, 0) is 6.54 Å². The number of thiophene rings is 1. The lowest BCUT2D eigenvalue weighted by atomic mass is 10.1. The van der Waals surface area contributed by atoms with Gasteiger partial charge in [-0.05, 0) is 60.0 Å². The summed E-state index contributed by atoms with van der Waals surface area (Å²) >= 11 is 1.77. The van der Waals surface area contributed by atoms with Crippen LogP contribution < -0.4 is 5.32 Å². The van der Waals surface area contributed by atoms with Crippen LogP contribution in [-0.4, -0.2) is 6.04 Å². The van der Waals surface area contributed by atoms with E-state index < -0.39 is 0 Å². The molecule has 0 unspecified atom stereocenters. The molecule has 0 aliphatic heterocycles. The zero-order chi connectivity index (χ0) is 12.7. The van der Waals surface area contributed by atoms with Crippen molar-refractivity contribution in [3.63, 3.8) is 0 Å². The Labute approximate surface area is 116 Å². The summed E-state index contributed by atoms with van der Waals surface area (Å²) in [7, 11) is 0. The minimum absolute atomic E-state index is 0.718. The number of hydrogen-bond donors (Lipinski definition) is 1. The Morgan fingerprint density at radius 1 is 1.16 bits per heavy atom. The second-order valence-electron chi connectivity index (χ2n) is 5.09. The van der Waals surface area contributed by atoms with Gasteiger partial charge in [-0.2, -0.15) is 0 Å². The quantitative estimate of drug-likeness (QED) is 0.758. The van der Waals surface area contributed by atoms with E-state index in [0.717, 1.165) is 29.7 Å². The summed E-state index contributed by atoms with van der Waals surface area (Å²) in [5.41, 5.74) is 1.16. The van der Waals surface area contributed by atoms with E-state index in [2.05, 4.69) is 47.1 Å². The SMILES string of the molecule is c1cc2cc(-c3ccc(CNC4CC4)o3)ccc2s1. The Bertz CT molecular complexity index is 708. The first-order valence-corrected chi connectivity index (χ1v) is 7.56. The fourth-order valence-corrected chi connectivity index (χ4v) is 3.05. The maximum Gasteiger partial charge on any atom is 0.134 e. The van der Waals surface area contributed by atoms with E-state index in [1.54, 1.807) is 11.3 Å². The fourth-order valence-electron chi connectivity index (χ4n) is 2.28. The highest BCUT2D eigenvalue weighted by Crippen LogP contribution is 2.29. The summed E-state index contributed by atoms with van der Waals surface area (Å²) in [5.74, 6) is 1.98. The number of hydrogen-bond acceptors (Lipinski definition) is 3. The molecule has 1 fully saturated rings. The molecule has 19 heavy (non-hydrogen) atoms. The predicted molar refractivity (Wildman–Crippen MR) is 79.4 cm³/mol. The molecule has 1 aliphatic rings. The molecule has 1 aliphatic carbocycles. The zero-order valence-corrected chi connectivity index (χ0v) is 11.4. The van der Waals surface area contributed by atoms with Crippen molar-refractivity contribution in [1.82, 2.24) is 5.32 Å². The van der Waals surface area contributed by atoms with E-state index >= 15 is 0 Å². The van der Waals surface area contributed by atoms with Crippen molar-refractivity contribution in [3.05, 3.63) is 47.5 Å². The lowest BCUT2D eigenvalue weighted by molar-refractivity contribution is 0.492. The Kier molecular flexibility index (Phi) is 2.67. The number of benzene rings is 1. The third-order valence-corrected chi connectivity index (χ3v) is 4.44. The molecule has 3 aromatic rings. The van der Waals surface area contributed by atoms with Crippen molar-refractivity contribution in [2.75, 3.05) is 0 Å². The topological polar surface area (TPSA) is 25.2 Å². The molecule has 1 N–H and O–H groups in total. The molecule has 96 valence electrons. The van der Waals surface area contributed by atoms with E-state index in [1.165, 1.54) is 22.9 Å². The highest BCUT2D eigenvalue weighted by atomic mass is 32.1. The molecular weight excluding hydrogens is 254 g/mol. The highest BCUT2D eigenvalue weighted by molar-refractivity contribution is 7.17. The van der Waals surface area contributed by atoms with Gasteiger partial charge in [0.25, 0.3) is 0 Å². The van der Waals surface area contributed by atoms with Crippen LogP contribution in [0, 0.1) is 0 Å². The molecule has 1 aromatic carbocycles. The maximum absolute atomic E-state index is 5.91. The molecule has 2 nitrogen and oxygen atoms in total. The first kappa shape index (κ1) is 11.3. The average Bonchev–Trinajstić information content (AvgIpc) is 2.96. The van der Waals surface area contributed by atoms with Crippen LogP contribution in [0.15, 0.2) is 46.2 Å². The van der Waals surface area contributed by atoms with Gasteiger partial charge in [-0.1, -0.05) is 0 Å². The van der Waals surface area contributed by atoms with Gasteiger partial charge in [-0.3, -0.25) is 0 Å². The van der Waals surface area contributed by atoms with Gasteiger partial charge in [0.15, 0.2) is 0 Å². The van der Waals surface area contributed by atoms with Gasteiger partial charge >= 0.3 is 0 Å². The molecular formula is C16H15NOS. The Balaban J connectivity index is 1.59. The average molecular weight is 269 g/mol. The second kappa shape index (κ2) is 4.51. The van der Waals surface area contributed by atoms with Crippen molar-refractivity contribution in [2.24, 2.45) is 0 Å². The summed E-state index contributed by atoms with van der Waals surface area (Å²) in [6, 6.07) is 13.5. The summed E-state index contributed by atoms with van der Waals surface area (Å²) in [6.07, 6.45) is 2.62. The van der Waals surface area contributed by atoms with Crippen LogP contribution in [0.3, 0.4) is 0 Å². The van der Waals surface area contributed by atoms with Crippen LogP contribution in [0.5, 0.6) is 0 Å². The van der Waals surface area contributed by atoms with E-state index in [1.807, 2.05) is 0 Å². The Morgan fingerprint density at radius 3 is 3.00 bits per heavy atom. The third-order valence-electron chi connectivity index (χ3n) is 3.54. The van der Waals surface area contributed by atoms with E-state index in [-0.39, 0.29) is 0 Å². The number of nitrogens with one attached hydrogen (secondary N) is 1. The standard InChI is InChI=1S/C16H15NOS/c1-6-16-12(7-8-19-16)9-11(1)15-5-4-14(18-15)10-17-13-2-3-13/h1,4-9,13,17H,2-3,10H2. The minimum Gasteiger partial charge on any atom is -0.460 e. The van der Waals surface area contributed by atoms with Crippen LogP contribution in [0.4, 0.5) is 0 Å². The summed E-state index contributed by atoms with van der Waals surface area (Å²) in [5, 5.41) is 6.89. The smallest absolute Gasteiger partial charge is 0.134 e. The zero-order valence-electron chi connectivity index (χ0n) is 10.6. The summed E-state index contributed by atoms with van der Waals surface area (Å²) in [6.45, 7) is 0.839. The summed E-state index contributed by atoms with van der Waals surface area (Å²) < 4.78 is 7.24. The molecule has 0 amide bonds. The first-order chi connectivity index (χ1) is 9.38. The maximum atomic E-state index is 5.91. The van der Waals surface area contributed by atoms with Crippen LogP contribution in [0.1, 0.15) is 18.6 Å². The largest absolute Gasteiger partial charge is 0.460 e. The van der Waals surface area contributed by atoms with Crippen molar-refractivity contribution in [1.29, 1.82) is 0 Å². The molecule has 2 aromatic heterocycles. The Hall–Kier alpha value is -1.58. The molecule has 4 rings (SSSR count). The van der Waals surface area contributed by atoms with Crippen molar-refractivity contribution >= 4 is 21.4 Å². The normalized spacial score (nSPS) is 15.2. The van der Waals surface area contributed by atoms with E-state index in [4.69, 9.17) is 4.42 Å². The van der Waals surface area contributed by atoms with Gasteiger partial charge in [0.1, 0.15) is 11.5 Å². The van der Waals surface area contributed by atoms with Crippen molar-refractivity contribution < 1.29 is 4.42 Å². The van der Waals surface area contributed by atoms with Crippen LogP contribution >= 0.6 is 11.3 Å². The molecule has 1 saturated carbocycles. The van der Waals surface area contributed by atoms with Gasteiger partial charge in [0, 0.05) is 16.3 Å². The minimum atomic E-state index is 0.718. The monoisotopic (exact) mass is 269 g/mol. The molecule has 3 heteroatoms. The number of furan rings is 1. The predicted octanol–water partition coefficient (Wildman–Crippen LogP) is 4.41.